The zero-order valence-corrected chi connectivity index (χ0v) is 14.7. The molecular weight excluding hydrogens is 316 g/mol. The van der Waals surface area contributed by atoms with Crippen LogP contribution in [0.1, 0.15) is 31.4 Å². The maximum absolute atomic E-state index is 11.9. The van der Waals surface area contributed by atoms with Crippen molar-refractivity contribution >= 4 is 12.1 Å². The molecule has 0 saturated heterocycles. The van der Waals surface area contributed by atoms with Gasteiger partial charge in [-0.15, -0.1) is 0 Å². The van der Waals surface area contributed by atoms with E-state index >= 15 is 0 Å². The predicted molar refractivity (Wildman–Crippen MR) is 99.3 cm³/mol. The van der Waals surface area contributed by atoms with E-state index in [0.29, 0.717) is 31.8 Å². The van der Waals surface area contributed by atoms with E-state index in [1.54, 1.807) is 6.21 Å². The second-order valence-electron chi connectivity index (χ2n) is 5.34. The Kier molecular flexibility index (Phi) is 7.50. The molecule has 2 aromatic rings. The van der Waals surface area contributed by atoms with Gasteiger partial charge in [-0.2, -0.15) is 5.10 Å². The van der Waals surface area contributed by atoms with Crippen LogP contribution in [0, 0.1) is 0 Å². The predicted octanol–water partition coefficient (Wildman–Crippen LogP) is 3.57. The summed E-state index contributed by atoms with van der Waals surface area (Å²) in [6.07, 6.45) is 2.67. The Morgan fingerprint density at radius 1 is 1.08 bits per heavy atom. The number of nitrogens with one attached hydrogen (secondary N) is 1. The van der Waals surface area contributed by atoms with Gasteiger partial charge in [0.15, 0.2) is 0 Å². The SMILES string of the molecule is CCOc1ccc(/C=N\NC(=O)CCc2ccccc2)c(OCC)c1. The first-order valence-corrected chi connectivity index (χ1v) is 8.48. The molecule has 0 aromatic heterocycles. The summed E-state index contributed by atoms with van der Waals surface area (Å²) in [6.45, 7) is 4.98. The molecule has 5 heteroatoms. The first-order valence-electron chi connectivity index (χ1n) is 8.48. The maximum atomic E-state index is 11.9. The molecular formula is C20H24N2O3. The quantitative estimate of drug-likeness (QED) is 0.561. The fourth-order valence-electron chi connectivity index (χ4n) is 2.29. The number of hydrogen-bond donors (Lipinski definition) is 1. The van der Waals surface area contributed by atoms with Crippen LogP contribution in [0.2, 0.25) is 0 Å². The molecule has 1 amide bonds. The summed E-state index contributed by atoms with van der Waals surface area (Å²) in [6, 6.07) is 15.4. The lowest BCUT2D eigenvalue weighted by atomic mass is 10.1. The lowest BCUT2D eigenvalue weighted by molar-refractivity contribution is -0.121. The minimum absolute atomic E-state index is 0.121. The maximum Gasteiger partial charge on any atom is 0.240 e. The van der Waals surface area contributed by atoms with Crippen LogP contribution in [0.4, 0.5) is 0 Å². The van der Waals surface area contributed by atoms with Crippen LogP contribution in [0.25, 0.3) is 0 Å². The third-order valence-corrected chi connectivity index (χ3v) is 3.47. The summed E-state index contributed by atoms with van der Waals surface area (Å²) in [5, 5.41) is 4.03. The minimum Gasteiger partial charge on any atom is -0.494 e. The molecule has 0 spiro atoms. The van der Waals surface area contributed by atoms with E-state index in [2.05, 4.69) is 10.5 Å². The second-order valence-corrected chi connectivity index (χ2v) is 5.34. The summed E-state index contributed by atoms with van der Waals surface area (Å²) in [5.41, 5.74) is 4.47. The lowest BCUT2D eigenvalue weighted by Gasteiger charge is -2.10. The Morgan fingerprint density at radius 2 is 1.84 bits per heavy atom. The van der Waals surface area contributed by atoms with E-state index in [4.69, 9.17) is 9.47 Å². The number of ether oxygens (including phenoxy) is 2. The summed E-state index contributed by atoms with van der Waals surface area (Å²) < 4.78 is 11.1. The van der Waals surface area contributed by atoms with Crippen LogP contribution in [-0.2, 0) is 11.2 Å². The van der Waals surface area contributed by atoms with Crippen LogP contribution >= 0.6 is 0 Å². The Morgan fingerprint density at radius 3 is 2.56 bits per heavy atom. The van der Waals surface area contributed by atoms with Gasteiger partial charge in [0.25, 0.3) is 0 Å². The summed E-state index contributed by atoms with van der Waals surface area (Å²) in [4.78, 5) is 11.9. The highest BCUT2D eigenvalue weighted by atomic mass is 16.5. The lowest BCUT2D eigenvalue weighted by Crippen LogP contribution is -2.18. The highest BCUT2D eigenvalue weighted by Crippen LogP contribution is 2.23. The highest BCUT2D eigenvalue weighted by molar-refractivity contribution is 5.85. The van der Waals surface area contributed by atoms with Gasteiger partial charge >= 0.3 is 0 Å². The highest BCUT2D eigenvalue weighted by Gasteiger charge is 2.05. The zero-order chi connectivity index (χ0) is 17.9. The van der Waals surface area contributed by atoms with Crippen molar-refractivity contribution in [3.63, 3.8) is 0 Å². The molecule has 2 aromatic carbocycles. The van der Waals surface area contributed by atoms with Gasteiger partial charge in [0, 0.05) is 18.1 Å². The molecule has 0 unspecified atom stereocenters. The van der Waals surface area contributed by atoms with Crippen molar-refractivity contribution in [2.24, 2.45) is 5.10 Å². The summed E-state index contributed by atoms with van der Waals surface area (Å²) in [5.74, 6) is 1.30. The molecule has 25 heavy (non-hydrogen) atoms. The van der Waals surface area contributed by atoms with Crippen molar-refractivity contribution in [1.29, 1.82) is 0 Å². The molecule has 0 fully saturated rings. The van der Waals surface area contributed by atoms with E-state index in [0.717, 1.165) is 16.9 Å². The number of hydrogen-bond acceptors (Lipinski definition) is 4. The summed E-state index contributed by atoms with van der Waals surface area (Å²) >= 11 is 0. The van der Waals surface area contributed by atoms with E-state index in [1.165, 1.54) is 0 Å². The van der Waals surface area contributed by atoms with Gasteiger partial charge in [0.05, 0.1) is 19.4 Å². The molecule has 5 nitrogen and oxygen atoms in total. The number of carbonyl (C=O) groups is 1. The molecule has 0 heterocycles. The van der Waals surface area contributed by atoms with Gasteiger partial charge in [-0.25, -0.2) is 5.43 Å². The number of rotatable bonds is 9. The summed E-state index contributed by atoms with van der Waals surface area (Å²) in [7, 11) is 0. The van der Waals surface area contributed by atoms with Crippen LogP contribution in [0.3, 0.4) is 0 Å². The van der Waals surface area contributed by atoms with Gasteiger partial charge in [-0.1, -0.05) is 30.3 Å². The number of benzene rings is 2. The van der Waals surface area contributed by atoms with Crippen molar-refractivity contribution in [2.45, 2.75) is 26.7 Å². The van der Waals surface area contributed by atoms with Crippen molar-refractivity contribution in [3.8, 4) is 11.5 Å². The Labute approximate surface area is 148 Å². The van der Waals surface area contributed by atoms with E-state index in [1.807, 2.05) is 62.4 Å². The van der Waals surface area contributed by atoms with Crippen LogP contribution in [-0.4, -0.2) is 25.3 Å². The number of amides is 1. The average Bonchev–Trinajstić information content (AvgIpc) is 2.63. The van der Waals surface area contributed by atoms with Crippen LogP contribution in [0.5, 0.6) is 11.5 Å². The van der Waals surface area contributed by atoms with Gasteiger partial charge in [0.1, 0.15) is 11.5 Å². The Bertz CT molecular complexity index is 699. The van der Waals surface area contributed by atoms with Crippen molar-refractivity contribution in [3.05, 3.63) is 59.7 Å². The van der Waals surface area contributed by atoms with E-state index < -0.39 is 0 Å². The van der Waals surface area contributed by atoms with Gasteiger partial charge < -0.3 is 9.47 Å². The molecule has 0 saturated carbocycles. The molecule has 0 atom stereocenters. The molecule has 132 valence electrons. The smallest absolute Gasteiger partial charge is 0.240 e. The third kappa shape index (κ3) is 6.30. The van der Waals surface area contributed by atoms with E-state index in [-0.39, 0.29) is 5.91 Å². The second kappa shape index (κ2) is 10.1. The molecule has 0 radical (unpaired) electrons. The Hall–Kier alpha value is -2.82. The monoisotopic (exact) mass is 340 g/mol. The van der Waals surface area contributed by atoms with Crippen molar-refractivity contribution < 1.29 is 14.3 Å². The number of hydrazone groups is 1. The third-order valence-electron chi connectivity index (χ3n) is 3.47. The fraction of sp³-hybridized carbons (Fsp3) is 0.300. The number of nitrogens with zero attached hydrogens (tertiary/aromatic N) is 1. The number of aryl methyl sites for hydroxylation is 1. The van der Waals surface area contributed by atoms with Crippen LogP contribution < -0.4 is 14.9 Å². The molecule has 1 N–H and O–H groups in total. The zero-order valence-electron chi connectivity index (χ0n) is 14.7. The van der Waals surface area contributed by atoms with Crippen molar-refractivity contribution in [2.75, 3.05) is 13.2 Å². The van der Waals surface area contributed by atoms with Crippen molar-refractivity contribution in [1.82, 2.24) is 5.43 Å². The Balaban J connectivity index is 1.90. The number of carbonyl (C=O) groups excluding carboxylic acids is 1. The van der Waals surface area contributed by atoms with E-state index in [9.17, 15) is 4.79 Å². The first-order chi connectivity index (χ1) is 12.2. The minimum atomic E-state index is -0.121. The molecule has 0 aliphatic carbocycles. The normalized spacial score (nSPS) is 10.6. The molecule has 2 rings (SSSR count). The standard InChI is InChI=1S/C20H24N2O3/c1-3-24-18-12-11-17(19(14-18)25-4-2)15-21-22-20(23)13-10-16-8-6-5-7-9-16/h5-9,11-12,14-15H,3-4,10,13H2,1-2H3,(H,22,23)/b21-15-. The average molecular weight is 340 g/mol. The molecule has 0 aliphatic heterocycles. The molecule has 0 bridgehead atoms. The van der Waals surface area contributed by atoms with Crippen LogP contribution in [0.15, 0.2) is 53.6 Å². The largest absolute Gasteiger partial charge is 0.494 e. The molecule has 0 aliphatic rings. The fourth-order valence-corrected chi connectivity index (χ4v) is 2.29. The van der Waals surface area contributed by atoms with Gasteiger partial charge in [-0.3, -0.25) is 4.79 Å². The van der Waals surface area contributed by atoms with Gasteiger partial charge in [-0.05, 0) is 38.0 Å². The first kappa shape index (κ1) is 18.5. The van der Waals surface area contributed by atoms with Gasteiger partial charge in [0.2, 0.25) is 5.91 Å². The topological polar surface area (TPSA) is 59.9 Å².